The van der Waals surface area contributed by atoms with Gasteiger partial charge in [-0.3, -0.25) is 0 Å². The van der Waals surface area contributed by atoms with Crippen molar-refractivity contribution in [3.63, 3.8) is 0 Å². The summed E-state index contributed by atoms with van der Waals surface area (Å²) in [6, 6.07) is 0.343. The number of hydrogen-bond acceptors (Lipinski definition) is 5. The third kappa shape index (κ3) is 2.80. The molecule has 1 heterocycles. The topological polar surface area (TPSA) is 70.1 Å². The highest BCUT2D eigenvalue weighted by molar-refractivity contribution is 7.99. The second kappa shape index (κ2) is 6.52. The van der Waals surface area contributed by atoms with Crippen molar-refractivity contribution in [2.45, 2.75) is 51.3 Å². The summed E-state index contributed by atoms with van der Waals surface area (Å²) in [7, 11) is 0. The summed E-state index contributed by atoms with van der Waals surface area (Å²) in [4.78, 5) is 16.2. The van der Waals surface area contributed by atoms with Crippen molar-refractivity contribution in [2.24, 2.45) is 0 Å². The molecule has 0 spiro atoms. The van der Waals surface area contributed by atoms with E-state index < -0.39 is 5.97 Å². The van der Waals surface area contributed by atoms with Crippen LogP contribution in [-0.4, -0.2) is 33.1 Å². The summed E-state index contributed by atoms with van der Waals surface area (Å²) in [5.41, 5.74) is 6.42. The lowest BCUT2D eigenvalue weighted by Gasteiger charge is -2.22. The van der Waals surface area contributed by atoms with E-state index in [2.05, 4.69) is 11.9 Å². The van der Waals surface area contributed by atoms with Crippen LogP contribution in [0.25, 0.3) is 0 Å². The summed E-state index contributed by atoms with van der Waals surface area (Å²) in [6.45, 7) is 6.20. The van der Waals surface area contributed by atoms with E-state index in [0.29, 0.717) is 23.7 Å². The van der Waals surface area contributed by atoms with Gasteiger partial charge in [0.05, 0.1) is 6.61 Å². The van der Waals surface area contributed by atoms with E-state index in [1.54, 1.807) is 6.92 Å². The molecule has 0 amide bonds. The van der Waals surface area contributed by atoms with E-state index in [0.717, 1.165) is 18.0 Å². The molecular formula is C14H23N3O2S. The number of thioether (sulfide) groups is 1. The van der Waals surface area contributed by atoms with Gasteiger partial charge in [-0.15, -0.1) is 0 Å². The monoisotopic (exact) mass is 297 g/mol. The van der Waals surface area contributed by atoms with Crippen LogP contribution in [-0.2, 0) is 4.74 Å². The molecule has 1 aliphatic carbocycles. The normalized spacial score (nSPS) is 22.1. The fraction of sp³-hybridized carbons (Fsp3) is 0.714. The maximum absolute atomic E-state index is 11.9. The first-order chi connectivity index (χ1) is 9.60. The van der Waals surface area contributed by atoms with Crippen LogP contribution in [0.4, 0.5) is 5.82 Å². The van der Waals surface area contributed by atoms with Crippen LogP contribution in [0.2, 0.25) is 0 Å². The SMILES string of the molecule is CCOC(=O)c1nc(C)n(C2CCCC2SCC)c1N. The van der Waals surface area contributed by atoms with Crippen molar-refractivity contribution >= 4 is 23.5 Å². The average Bonchev–Trinajstić information content (AvgIpc) is 2.95. The molecule has 0 bridgehead atoms. The van der Waals surface area contributed by atoms with E-state index in [9.17, 15) is 4.79 Å². The second-order valence-electron chi connectivity index (χ2n) is 4.98. The lowest BCUT2D eigenvalue weighted by atomic mass is 10.2. The molecule has 1 fully saturated rings. The minimum atomic E-state index is -0.426. The summed E-state index contributed by atoms with van der Waals surface area (Å²) >= 11 is 1.97. The van der Waals surface area contributed by atoms with Crippen LogP contribution >= 0.6 is 11.8 Å². The van der Waals surface area contributed by atoms with E-state index >= 15 is 0 Å². The average molecular weight is 297 g/mol. The maximum atomic E-state index is 11.9. The molecule has 2 N–H and O–H groups in total. The molecule has 0 aliphatic heterocycles. The Bertz CT molecular complexity index is 487. The van der Waals surface area contributed by atoms with Gasteiger partial charge in [0.25, 0.3) is 0 Å². The van der Waals surface area contributed by atoms with Gasteiger partial charge in [0.1, 0.15) is 11.6 Å². The van der Waals surface area contributed by atoms with Gasteiger partial charge in [-0.2, -0.15) is 11.8 Å². The van der Waals surface area contributed by atoms with Crippen molar-refractivity contribution in [3.8, 4) is 0 Å². The number of esters is 1. The summed E-state index contributed by atoms with van der Waals surface area (Å²) in [6.07, 6.45) is 3.50. The molecular weight excluding hydrogens is 274 g/mol. The van der Waals surface area contributed by atoms with Crippen LogP contribution in [0.5, 0.6) is 0 Å². The van der Waals surface area contributed by atoms with Crippen LogP contribution in [0, 0.1) is 6.92 Å². The standard InChI is InChI=1S/C14H23N3O2S/c1-4-19-14(18)12-13(15)17(9(3)16-12)10-7-6-8-11(10)20-5-2/h10-11H,4-8,15H2,1-3H3. The number of imidazole rings is 1. The van der Waals surface area contributed by atoms with E-state index in [1.807, 2.05) is 23.3 Å². The Kier molecular flexibility index (Phi) is 4.96. The molecule has 5 nitrogen and oxygen atoms in total. The molecule has 1 aromatic heterocycles. The number of nitrogens with zero attached hydrogens (tertiary/aromatic N) is 2. The number of ether oxygens (including phenoxy) is 1. The molecule has 0 saturated heterocycles. The van der Waals surface area contributed by atoms with Gasteiger partial charge >= 0.3 is 5.97 Å². The molecule has 2 unspecified atom stereocenters. The first-order valence-corrected chi connectivity index (χ1v) is 8.28. The third-order valence-corrected chi connectivity index (χ3v) is 5.03. The Balaban J connectivity index is 2.30. The van der Waals surface area contributed by atoms with Crippen LogP contribution in [0.3, 0.4) is 0 Å². The molecule has 20 heavy (non-hydrogen) atoms. The Morgan fingerprint density at radius 1 is 1.50 bits per heavy atom. The first-order valence-electron chi connectivity index (χ1n) is 7.23. The van der Waals surface area contributed by atoms with Crippen LogP contribution < -0.4 is 5.73 Å². The van der Waals surface area contributed by atoms with Crippen molar-refractivity contribution in [3.05, 3.63) is 11.5 Å². The number of carbonyl (C=O) groups excluding carboxylic acids is 1. The lowest BCUT2D eigenvalue weighted by Crippen LogP contribution is -2.20. The molecule has 6 heteroatoms. The molecule has 0 radical (unpaired) electrons. The Hall–Kier alpha value is -1.17. The molecule has 1 saturated carbocycles. The number of nitrogen functional groups attached to an aromatic ring is 1. The number of carbonyl (C=O) groups is 1. The van der Waals surface area contributed by atoms with Crippen molar-refractivity contribution in [2.75, 3.05) is 18.1 Å². The van der Waals surface area contributed by atoms with Gasteiger partial charge in [-0.1, -0.05) is 13.3 Å². The smallest absolute Gasteiger partial charge is 0.360 e. The molecule has 112 valence electrons. The minimum absolute atomic E-state index is 0.261. The first kappa shape index (κ1) is 15.2. The maximum Gasteiger partial charge on any atom is 0.360 e. The lowest BCUT2D eigenvalue weighted by molar-refractivity contribution is 0.0521. The van der Waals surface area contributed by atoms with E-state index in [4.69, 9.17) is 10.5 Å². The number of rotatable bonds is 5. The zero-order valence-electron chi connectivity index (χ0n) is 12.4. The number of anilines is 1. The van der Waals surface area contributed by atoms with Crippen LogP contribution in [0.15, 0.2) is 0 Å². The summed E-state index contributed by atoms with van der Waals surface area (Å²) < 4.78 is 7.05. The number of nitrogens with two attached hydrogens (primary N) is 1. The molecule has 0 aromatic carbocycles. The highest BCUT2D eigenvalue weighted by Crippen LogP contribution is 2.40. The fourth-order valence-corrected chi connectivity index (χ4v) is 4.18. The zero-order chi connectivity index (χ0) is 14.7. The van der Waals surface area contributed by atoms with Crippen molar-refractivity contribution in [1.29, 1.82) is 0 Å². The van der Waals surface area contributed by atoms with Crippen LogP contribution in [0.1, 0.15) is 55.5 Å². The predicted molar refractivity (Wildman–Crippen MR) is 82.1 cm³/mol. The van der Waals surface area contributed by atoms with Crippen molar-refractivity contribution in [1.82, 2.24) is 9.55 Å². The van der Waals surface area contributed by atoms with Gasteiger partial charge in [0.15, 0.2) is 5.69 Å². The van der Waals surface area contributed by atoms with Gasteiger partial charge in [0.2, 0.25) is 0 Å². The van der Waals surface area contributed by atoms with E-state index in [-0.39, 0.29) is 5.69 Å². The quantitative estimate of drug-likeness (QED) is 0.846. The highest BCUT2D eigenvalue weighted by atomic mass is 32.2. The van der Waals surface area contributed by atoms with E-state index in [1.165, 1.54) is 12.8 Å². The summed E-state index contributed by atoms with van der Waals surface area (Å²) in [5.74, 6) is 1.93. The predicted octanol–water partition coefficient (Wildman–Crippen LogP) is 2.80. The Morgan fingerprint density at radius 3 is 2.90 bits per heavy atom. The number of aryl methyl sites for hydroxylation is 1. The van der Waals surface area contributed by atoms with Gasteiger partial charge < -0.3 is 15.0 Å². The highest BCUT2D eigenvalue weighted by Gasteiger charge is 2.32. The molecule has 1 aliphatic rings. The van der Waals surface area contributed by atoms with Gasteiger partial charge in [0, 0.05) is 11.3 Å². The largest absolute Gasteiger partial charge is 0.461 e. The minimum Gasteiger partial charge on any atom is -0.461 e. The summed E-state index contributed by atoms with van der Waals surface area (Å²) in [5, 5.41) is 0.560. The fourth-order valence-electron chi connectivity index (χ4n) is 2.94. The van der Waals surface area contributed by atoms with Gasteiger partial charge in [-0.05, 0) is 32.4 Å². The van der Waals surface area contributed by atoms with Gasteiger partial charge in [-0.25, -0.2) is 9.78 Å². The third-order valence-electron chi connectivity index (χ3n) is 3.72. The molecule has 2 rings (SSSR count). The zero-order valence-corrected chi connectivity index (χ0v) is 13.2. The Morgan fingerprint density at radius 2 is 2.25 bits per heavy atom. The number of hydrogen-bond donors (Lipinski definition) is 1. The Labute approximate surface area is 124 Å². The molecule has 1 aromatic rings. The second-order valence-corrected chi connectivity index (χ2v) is 6.49. The molecule has 2 atom stereocenters. The number of aromatic nitrogens is 2. The van der Waals surface area contributed by atoms with Crippen molar-refractivity contribution < 1.29 is 9.53 Å².